The van der Waals surface area contributed by atoms with Gasteiger partial charge in [0, 0.05) is 12.2 Å². The number of amides is 1. The molecule has 0 radical (unpaired) electrons. The second kappa shape index (κ2) is 6.53. The third-order valence-electron chi connectivity index (χ3n) is 3.14. The van der Waals surface area contributed by atoms with Gasteiger partial charge in [0.2, 0.25) is 5.91 Å². The zero-order valence-electron chi connectivity index (χ0n) is 12.7. The molecule has 1 aromatic carbocycles. The van der Waals surface area contributed by atoms with Gasteiger partial charge >= 0.3 is 0 Å². The Bertz CT molecular complexity index is 524. The molecule has 3 N–H and O–H groups in total. The number of nitrogens with one attached hydrogen (secondary N) is 1. The average Bonchev–Trinajstić information content (AvgIpc) is 2.37. The summed E-state index contributed by atoms with van der Waals surface area (Å²) in [6.45, 7) is 8.48. The van der Waals surface area contributed by atoms with Gasteiger partial charge in [-0.05, 0) is 36.5 Å². The van der Waals surface area contributed by atoms with Gasteiger partial charge in [0.1, 0.15) is 0 Å². The quantitative estimate of drug-likeness (QED) is 0.885. The number of rotatable bonds is 4. The molecule has 4 heteroatoms. The predicted molar refractivity (Wildman–Crippen MR) is 81.1 cm³/mol. The van der Waals surface area contributed by atoms with Crippen molar-refractivity contribution in [3.8, 4) is 6.07 Å². The Hall–Kier alpha value is -1.86. The van der Waals surface area contributed by atoms with Crippen LogP contribution >= 0.6 is 0 Å². The number of aryl methyl sites for hydroxylation is 1. The fourth-order valence-corrected chi connectivity index (χ4v) is 2.08. The molecule has 1 aromatic rings. The van der Waals surface area contributed by atoms with E-state index in [4.69, 9.17) is 11.0 Å². The van der Waals surface area contributed by atoms with Crippen LogP contribution in [-0.4, -0.2) is 12.5 Å². The van der Waals surface area contributed by atoms with Crippen molar-refractivity contribution in [3.63, 3.8) is 0 Å². The van der Waals surface area contributed by atoms with Crippen LogP contribution in [0.5, 0.6) is 0 Å². The van der Waals surface area contributed by atoms with E-state index in [1.165, 1.54) is 0 Å². The molecule has 0 aliphatic heterocycles. The van der Waals surface area contributed by atoms with Gasteiger partial charge in [-0.2, -0.15) is 5.26 Å². The van der Waals surface area contributed by atoms with Crippen molar-refractivity contribution in [2.24, 2.45) is 17.1 Å². The average molecular weight is 273 g/mol. The third kappa shape index (κ3) is 4.67. The molecule has 0 bridgehead atoms. The van der Waals surface area contributed by atoms with Gasteiger partial charge in [-0.15, -0.1) is 0 Å². The van der Waals surface area contributed by atoms with Gasteiger partial charge in [0.15, 0.2) is 0 Å². The molecule has 1 unspecified atom stereocenters. The van der Waals surface area contributed by atoms with Crippen LogP contribution in [0.4, 0.5) is 5.69 Å². The van der Waals surface area contributed by atoms with Crippen LogP contribution in [0.3, 0.4) is 0 Å². The second-order valence-corrected chi connectivity index (χ2v) is 6.33. The van der Waals surface area contributed by atoms with Crippen LogP contribution in [0, 0.1) is 29.6 Å². The van der Waals surface area contributed by atoms with Crippen LogP contribution in [0.25, 0.3) is 0 Å². The molecule has 1 atom stereocenters. The number of nitrogens with zero attached hydrogens (tertiary/aromatic N) is 1. The lowest BCUT2D eigenvalue weighted by Crippen LogP contribution is -2.32. The fraction of sp³-hybridized carbons (Fsp3) is 0.500. The third-order valence-corrected chi connectivity index (χ3v) is 3.14. The Labute approximate surface area is 121 Å². The SMILES string of the molecule is Cc1ccc(C#N)cc1NC(=O)C(CN)CC(C)(C)C. The molecule has 0 fully saturated rings. The molecule has 1 amide bonds. The second-order valence-electron chi connectivity index (χ2n) is 6.33. The first kappa shape index (κ1) is 16.2. The summed E-state index contributed by atoms with van der Waals surface area (Å²) in [5.41, 5.74) is 7.91. The van der Waals surface area contributed by atoms with E-state index in [0.29, 0.717) is 17.8 Å². The van der Waals surface area contributed by atoms with E-state index in [0.717, 1.165) is 12.0 Å². The minimum Gasteiger partial charge on any atom is -0.330 e. The molecule has 0 saturated carbocycles. The molecule has 20 heavy (non-hydrogen) atoms. The number of nitriles is 1. The minimum atomic E-state index is -0.222. The van der Waals surface area contributed by atoms with Crippen molar-refractivity contribution in [3.05, 3.63) is 29.3 Å². The topological polar surface area (TPSA) is 78.9 Å². The van der Waals surface area contributed by atoms with Crippen molar-refractivity contribution >= 4 is 11.6 Å². The zero-order valence-corrected chi connectivity index (χ0v) is 12.7. The van der Waals surface area contributed by atoms with E-state index in [-0.39, 0.29) is 17.2 Å². The van der Waals surface area contributed by atoms with Crippen molar-refractivity contribution in [1.29, 1.82) is 5.26 Å². The lowest BCUT2D eigenvalue weighted by atomic mass is 9.84. The zero-order chi connectivity index (χ0) is 15.3. The molecule has 0 aliphatic carbocycles. The maximum atomic E-state index is 12.3. The lowest BCUT2D eigenvalue weighted by Gasteiger charge is -2.24. The number of nitrogens with two attached hydrogens (primary N) is 1. The Morgan fingerprint density at radius 2 is 2.10 bits per heavy atom. The summed E-state index contributed by atoms with van der Waals surface area (Å²) >= 11 is 0. The predicted octanol–water partition coefficient (Wildman–Crippen LogP) is 2.82. The molecule has 0 aliphatic rings. The largest absolute Gasteiger partial charge is 0.330 e. The fourth-order valence-electron chi connectivity index (χ4n) is 2.08. The standard InChI is InChI=1S/C16H23N3O/c1-11-5-6-12(9-17)7-14(11)19-15(20)13(10-18)8-16(2,3)4/h5-7,13H,8,10,18H2,1-4H3,(H,19,20). The minimum absolute atomic E-state index is 0.0466. The van der Waals surface area contributed by atoms with Gasteiger partial charge in [-0.3, -0.25) is 4.79 Å². The summed E-state index contributed by atoms with van der Waals surface area (Å²) in [6, 6.07) is 7.33. The van der Waals surface area contributed by atoms with Crippen molar-refractivity contribution in [1.82, 2.24) is 0 Å². The Morgan fingerprint density at radius 3 is 2.60 bits per heavy atom. The van der Waals surface area contributed by atoms with Crippen molar-refractivity contribution in [2.75, 3.05) is 11.9 Å². The van der Waals surface area contributed by atoms with Gasteiger partial charge < -0.3 is 11.1 Å². The summed E-state index contributed by atoms with van der Waals surface area (Å²) in [6.07, 6.45) is 0.728. The van der Waals surface area contributed by atoms with E-state index < -0.39 is 0 Å². The van der Waals surface area contributed by atoms with Crippen LogP contribution in [0.2, 0.25) is 0 Å². The molecule has 1 rings (SSSR count). The first-order chi connectivity index (χ1) is 9.26. The van der Waals surface area contributed by atoms with E-state index in [9.17, 15) is 4.79 Å². The molecule has 0 saturated heterocycles. The Kier molecular flexibility index (Phi) is 5.29. The van der Waals surface area contributed by atoms with Crippen molar-refractivity contribution in [2.45, 2.75) is 34.1 Å². The number of carbonyl (C=O) groups is 1. The highest BCUT2D eigenvalue weighted by molar-refractivity contribution is 5.93. The maximum Gasteiger partial charge on any atom is 0.228 e. The Balaban J connectivity index is 2.86. The van der Waals surface area contributed by atoms with E-state index in [1.54, 1.807) is 12.1 Å². The first-order valence-corrected chi connectivity index (χ1v) is 6.78. The summed E-state index contributed by atoms with van der Waals surface area (Å²) in [4.78, 5) is 12.3. The monoisotopic (exact) mass is 273 g/mol. The van der Waals surface area contributed by atoms with Crippen LogP contribution in [0.15, 0.2) is 18.2 Å². The molecule has 108 valence electrons. The molecular formula is C16H23N3O. The molecule has 0 spiro atoms. The number of benzene rings is 1. The number of hydrogen-bond acceptors (Lipinski definition) is 3. The van der Waals surface area contributed by atoms with Crippen LogP contribution in [0.1, 0.15) is 38.3 Å². The summed E-state index contributed by atoms with van der Waals surface area (Å²) < 4.78 is 0. The molecule has 0 heterocycles. The van der Waals surface area contributed by atoms with Crippen LogP contribution < -0.4 is 11.1 Å². The number of hydrogen-bond donors (Lipinski definition) is 2. The highest BCUT2D eigenvalue weighted by Crippen LogP contribution is 2.25. The van der Waals surface area contributed by atoms with Gasteiger partial charge in [-0.25, -0.2) is 0 Å². The molecule has 4 nitrogen and oxygen atoms in total. The highest BCUT2D eigenvalue weighted by Gasteiger charge is 2.24. The van der Waals surface area contributed by atoms with E-state index in [1.807, 2.05) is 13.0 Å². The van der Waals surface area contributed by atoms with E-state index >= 15 is 0 Å². The van der Waals surface area contributed by atoms with Crippen LogP contribution in [-0.2, 0) is 4.79 Å². The number of anilines is 1. The Morgan fingerprint density at radius 1 is 1.45 bits per heavy atom. The van der Waals surface area contributed by atoms with E-state index in [2.05, 4.69) is 32.2 Å². The smallest absolute Gasteiger partial charge is 0.228 e. The lowest BCUT2D eigenvalue weighted by molar-refractivity contribution is -0.120. The van der Waals surface area contributed by atoms with Crippen molar-refractivity contribution < 1.29 is 4.79 Å². The van der Waals surface area contributed by atoms with Gasteiger partial charge in [-0.1, -0.05) is 26.8 Å². The maximum absolute atomic E-state index is 12.3. The number of carbonyl (C=O) groups excluding carboxylic acids is 1. The van der Waals surface area contributed by atoms with Gasteiger partial charge in [0.25, 0.3) is 0 Å². The summed E-state index contributed by atoms with van der Waals surface area (Å²) in [5, 5.41) is 11.8. The molecular weight excluding hydrogens is 250 g/mol. The first-order valence-electron chi connectivity index (χ1n) is 6.78. The molecule has 0 aromatic heterocycles. The highest BCUT2D eigenvalue weighted by atomic mass is 16.1. The summed E-state index contributed by atoms with van der Waals surface area (Å²) in [5.74, 6) is -0.305. The van der Waals surface area contributed by atoms with Gasteiger partial charge in [0.05, 0.1) is 17.6 Å². The summed E-state index contributed by atoms with van der Waals surface area (Å²) in [7, 11) is 0. The normalized spacial score (nSPS) is 12.6.